The summed E-state index contributed by atoms with van der Waals surface area (Å²) in [5, 5.41) is 8.14. The summed E-state index contributed by atoms with van der Waals surface area (Å²) >= 11 is 6.13. The van der Waals surface area contributed by atoms with E-state index in [1.165, 1.54) is 0 Å². The third kappa shape index (κ3) is 3.16. The molecule has 3 heterocycles. The van der Waals surface area contributed by atoms with Gasteiger partial charge in [0.1, 0.15) is 5.69 Å². The molecule has 1 fully saturated rings. The first kappa shape index (κ1) is 19.6. The molecule has 7 nitrogen and oxygen atoms in total. The van der Waals surface area contributed by atoms with Gasteiger partial charge in [-0.2, -0.15) is 5.10 Å². The van der Waals surface area contributed by atoms with Gasteiger partial charge in [0.2, 0.25) is 0 Å². The molecule has 3 amide bonds. The van der Waals surface area contributed by atoms with Crippen LogP contribution in [-0.2, 0) is 18.8 Å². The fourth-order valence-electron chi connectivity index (χ4n) is 4.60. The predicted molar refractivity (Wildman–Crippen MR) is 117 cm³/mol. The van der Waals surface area contributed by atoms with Gasteiger partial charge in [-0.25, -0.2) is 4.79 Å². The van der Waals surface area contributed by atoms with Crippen molar-refractivity contribution in [2.45, 2.75) is 25.7 Å². The average Bonchev–Trinajstić information content (AvgIpc) is 3.34. The third-order valence-electron chi connectivity index (χ3n) is 6.02. The van der Waals surface area contributed by atoms with E-state index in [0.717, 1.165) is 16.8 Å². The van der Waals surface area contributed by atoms with E-state index in [4.69, 9.17) is 11.6 Å². The second kappa shape index (κ2) is 7.42. The summed E-state index contributed by atoms with van der Waals surface area (Å²) in [6.45, 7) is 3.52. The predicted octanol–water partition coefficient (Wildman–Crippen LogP) is 3.38. The number of hydrogen-bond acceptors (Lipinski definition) is 3. The Kier molecular flexibility index (Phi) is 4.70. The fourth-order valence-corrected chi connectivity index (χ4v) is 4.73. The number of benzene rings is 2. The first-order valence-electron chi connectivity index (χ1n) is 10.2. The first-order chi connectivity index (χ1) is 15.0. The Morgan fingerprint density at radius 3 is 2.61 bits per heavy atom. The molecule has 0 spiro atoms. The van der Waals surface area contributed by atoms with Crippen LogP contribution in [0.3, 0.4) is 0 Å². The van der Waals surface area contributed by atoms with Crippen molar-refractivity contribution in [2.24, 2.45) is 0 Å². The van der Waals surface area contributed by atoms with Gasteiger partial charge in [-0.1, -0.05) is 54.1 Å². The number of nitrogens with one attached hydrogen (secondary N) is 1. The lowest BCUT2D eigenvalue weighted by atomic mass is 9.94. The van der Waals surface area contributed by atoms with Gasteiger partial charge >= 0.3 is 6.03 Å². The van der Waals surface area contributed by atoms with Crippen molar-refractivity contribution >= 4 is 23.5 Å². The molecular weight excluding hydrogens is 414 g/mol. The minimum atomic E-state index is -0.964. The van der Waals surface area contributed by atoms with E-state index in [1.807, 2.05) is 49.4 Å². The van der Waals surface area contributed by atoms with Crippen molar-refractivity contribution in [2.75, 3.05) is 13.1 Å². The summed E-state index contributed by atoms with van der Waals surface area (Å²) < 4.78 is 1.71. The molecule has 0 bridgehead atoms. The molecule has 8 heteroatoms. The van der Waals surface area contributed by atoms with Crippen molar-refractivity contribution in [1.82, 2.24) is 24.9 Å². The number of halogens is 1. The lowest BCUT2D eigenvalue weighted by molar-refractivity contribution is 0.00154. The fraction of sp³-hybridized carbons (Fsp3) is 0.261. The van der Waals surface area contributed by atoms with Crippen molar-refractivity contribution in [3.05, 3.63) is 88.2 Å². The largest absolute Gasteiger partial charge is 0.334 e. The minimum Gasteiger partial charge on any atom is -0.334 e. The number of aryl methyl sites for hydroxylation is 1. The Balaban J connectivity index is 1.54. The van der Waals surface area contributed by atoms with Gasteiger partial charge in [0.15, 0.2) is 5.66 Å². The normalized spacial score (nSPS) is 19.9. The Labute approximate surface area is 185 Å². The van der Waals surface area contributed by atoms with Crippen LogP contribution in [-0.4, -0.2) is 44.6 Å². The number of aromatic nitrogens is 2. The van der Waals surface area contributed by atoms with E-state index in [1.54, 1.807) is 32.7 Å². The Bertz CT molecular complexity index is 1140. The van der Waals surface area contributed by atoms with Crippen LogP contribution in [0.5, 0.6) is 0 Å². The monoisotopic (exact) mass is 435 g/mol. The Morgan fingerprint density at radius 2 is 1.87 bits per heavy atom. The zero-order chi connectivity index (χ0) is 21.6. The van der Waals surface area contributed by atoms with Crippen molar-refractivity contribution < 1.29 is 9.59 Å². The summed E-state index contributed by atoms with van der Waals surface area (Å²) in [7, 11) is 0. The molecule has 5 rings (SSSR count). The van der Waals surface area contributed by atoms with Gasteiger partial charge in [0, 0.05) is 30.2 Å². The summed E-state index contributed by atoms with van der Waals surface area (Å²) in [6.07, 6.45) is 0. The lowest BCUT2D eigenvalue weighted by Gasteiger charge is -2.46. The molecule has 0 saturated carbocycles. The number of rotatable bonds is 3. The number of carbonyl (C=O) groups excluding carboxylic acids is 2. The number of nitrogens with zero attached hydrogens (tertiary/aromatic N) is 4. The zero-order valence-electron chi connectivity index (χ0n) is 17.1. The smallest absolute Gasteiger partial charge is 0.319 e. The van der Waals surface area contributed by atoms with E-state index >= 15 is 0 Å². The summed E-state index contributed by atoms with van der Waals surface area (Å²) in [6, 6.07) is 18.7. The highest BCUT2D eigenvalue weighted by Crippen LogP contribution is 2.42. The van der Waals surface area contributed by atoms with Crippen molar-refractivity contribution in [3.63, 3.8) is 0 Å². The molecule has 1 aromatic heterocycles. The van der Waals surface area contributed by atoms with Gasteiger partial charge in [0.05, 0.1) is 12.2 Å². The molecule has 1 saturated heterocycles. The van der Waals surface area contributed by atoms with Crippen LogP contribution in [0.25, 0.3) is 0 Å². The van der Waals surface area contributed by atoms with Crippen LogP contribution in [0.15, 0.2) is 60.7 Å². The second-order valence-electron chi connectivity index (χ2n) is 7.90. The SMILES string of the molecule is Cc1cc2n(n1)CC1(c3ccc(Cl)cc3)N(C(=O)NCc3ccccc3)CCN1C2=O. The maximum atomic E-state index is 13.4. The molecule has 0 aliphatic carbocycles. The quantitative estimate of drug-likeness (QED) is 0.685. The van der Waals surface area contributed by atoms with Crippen molar-refractivity contribution in [1.29, 1.82) is 0 Å². The molecule has 3 aromatic rings. The molecule has 1 unspecified atom stereocenters. The molecule has 2 aromatic carbocycles. The van der Waals surface area contributed by atoms with Crippen LogP contribution < -0.4 is 5.32 Å². The van der Waals surface area contributed by atoms with Gasteiger partial charge in [-0.3, -0.25) is 14.4 Å². The molecule has 158 valence electrons. The van der Waals surface area contributed by atoms with E-state index in [-0.39, 0.29) is 11.9 Å². The van der Waals surface area contributed by atoms with Gasteiger partial charge in [0.25, 0.3) is 5.91 Å². The first-order valence-corrected chi connectivity index (χ1v) is 10.6. The highest BCUT2D eigenvalue weighted by Gasteiger charge is 2.56. The molecule has 2 aliphatic rings. The van der Waals surface area contributed by atoms with E-state index in [0.29, 0.717) is 36.9 Å². The zero-order valence-corrected chi connectivity index (χ0v) is 17.8. The van der Waals surface area contributed by atoms with Gasteiger partial charge < -0.3 is 10.2 Å². The summed E-state index contributed by atoms with van der Waals surface area (Å²) in [5.41, 5.74) is 2.20. The second-order valence-corrected chi connectivity index (χ2v) is 8.34. The van der Waals surface area contributed by atoms with Crippen molar-refractivity contribution in [3.8, 4) is 0 Å². The molecule has 1 N–H and O–H groups in total. The topological polar surface area (TPSA) is 70.5 Å². The van der Waals surface area contributed by atoms with E-state index in [9.17, 15) is 9.59 Å². The average molecular weight is 436 g/mol. The molecule has 0 radical (unpaired) electrons. The number of carbonyl (C=O) groups is 2. The van der Waals surface area contributed by atoms with Crippen LogP contribution >= 0.6 is 11.6 Å². The highest BCUT2D eigenvalue weighted by atomic mass is 35.5. The standard InChI is InChI=1S/C23H22ClN5O2/c1-16-13-20-21(30)27-11-12-28(22(31)25-14-17-5-3-2-4-6-17)23(27,15-29(20)26-16)18-7-9-19(24)10-8-18/h2-10,13H,11-12,14-15H2,1H3,(H,25,31). The maximum Gasteiger partial charge on any atom is 0.319 e. The Hall–Kier alpha value is -3.32. The molecule has 2 aliphatic heterocycles. The minimum absolute atomic E-state index is 0.125. The number of hydrogen-bond donors (Lipinski definition) is 1. The highest BCUT2D eigenvalue weighted by molar-refractivity contribution is 6.30. The molecule has 31 heavy (non-hydrogen) atoms. The van der Waals surface area contributed by atoms with Crippen LogP contribution in [0, 0.1) is 6.92 Å². The number of amides is 3. The lowest BCUT2D eigenvalue weighted by Crippen LogP contribution is -2.61. The summed E-state index contributed by atoms with van der Waals surface area (Å²) in [4.78, 5) is 30.3. The number of fused-ring (bicyclic) bond motifs is 2. The van der Waals surface area contributed by atoms with Crippen LogP contribution in [0.1, 0.15) is 27.3 Å². The van der Waals surface area contributed by atoms with Gasteiger partial charge in [-0.05, 0) is 30.7 Å². The van der Waals surface area contributed by atoms with Crippen LogP contribution in [0.4, 0.5) is 4.79 Å². The van der Waals surface area contributed by atoms with E-state index in [2.05, 4.69) is 10.4 Å². The Morgan fingerprint density at radius 1 is 1.13 bits per heavy atom. The summed E-state index contributed by atoms with van der Waals surface area (Å²) in [5.74, 6) is -0.125. The third-order valence-corrected chi connectivity index (χ3v) is 6.27. The molecule has 1 atom stereocenters. The van der Waals surface area contributed by atoms with Crippen LogP contribution in [0.2, 0.25) is 5.02 Å². The molecular formula is C23H22ClN5O2. The van der Waals surface area contributed by atoms with Gasteiger partial charge in [-0.15, -0.1) is 0 Å². The number of urea groups is 1. The maximum absolute atomic E-state index is 13.4. The van der Waals surface area contributed by atoms with E-state index < -0.39 is 5.66 Å².